The number of hydrogen-bond donors (Lipinski definition) is 6. The topological polar surface area (TPSA) is 158 Å². The Morgan fingerprint density at radius 1 is 1.00 bits per heavy atom. The average Bonchev–Trinajstić information content (AvgIpc) is 3.17. The van der Waals surface area contributed by atoms with E-state index < -0.39 is 35.9 Å². The Bertz CT molecular complexity index is 1110. The third-order valence-corrected chi connectivity index (χ3v) is 5.19. The van der Waals surface area contributed by atoms with Crippen LogP contribution < -0.4 is 16.4 Å². The number of carbonyl (C=O) groups is 3. The molecule has 0 radical (unpaired) electrons. The maximum absolute atomic E-state index is 12.5. The van der Waals surface area contributed by atoms with Crippen LogP contribution in [-0.4, -0.2) is 51.1 Å². The number of H-pyrrole nitrogens is 1. The summed E-state index contributed by atoms with van der Waals surface area (Å²) in [4.78, 5) is 39.7. The molecule has 0 aliphatic heterocycles. The molecular weight excluding hydrogens is 412 g/mol. The number of rotatable bonds is 9. The number of phenols is 1. The normalized spacial score (nSPS) is 13.8. The van der Waals surface area contributed by atoms with Gasteiger partial charge in [0.2, 0.25) is 11.8 Å². The molecule has 0 aliphatic rings. The third kappa shape index (κ3) is 5.64. The Hall–Kier alpha value is -3.85. The molecule has 2 aromatic carbocycles. The molecular formula is C23H26N4O5. The smallest absolute Gasteiger partial charge is 0.326 e. The fraction of sp³-hybridized carbons (Fsp3) is 0.261. The van der Waals surface area contributed by atoms with Gasteiger partial charge in [0.25, 0.3) is 0 Å². The van der Waals surface area contributed by atoms with E-state index in [1.165, 1.54) is 19.1 Å². The number of aliphatic carboxylic acids is 1. The molecule has 3 rings (SSSR count). The zero-order valence-corrected chi connectivity index (χ0v) is 17.5. The lowest BCUT2D eigenvalue weighted by molar-refractivity contribution is -0.142. The second-order valence-corrected chi connectivity index (χ2v) is 7.67. The van der Waals surface area contributed by atoms with Crippen molar-refractivity contribution in [3.63, 3.8) is 0 Å². The molecule has 2 amide bonds. The highest BCUT2D eigenvalue weighted by molar-refractivity contribution is 5.92. The molecule has 3 atom stereocenters. The molecule has 32 heavy (non-hydrogen) atoms. The molecule has 168 valence electrons. The van der Waals surface area contributed by atoms with Crippen molar-refractivity contribution < 1.29 is 24.6 Å². The minimum absolute atomic E-state index is 0.0299. The summed E-state index contributed by atoms with van der Waals surface area (Å²) >= 11 is 0. The number of carboxylic acid groups (broad SMARTS) is 1. The number of para-hydroxylation sites is 1. The van der Waals surface area contributed by atoms with Crippen molar-refractivity contribution in [2.75, 3.05) is 0 Å². The van der Waals surface area contributed by atoms with Gasteiger partial charge in [0, 0.05) is 23.5 Å². The van der Waals surface area contributed by atoms with Crippen LogP contribution in [0.5, 0.6) is 5.75 Å². The Kier molecular flexibility index (Phi) is 7.11. The number of carbonyl (C=O) groups excluding carboxylic acids is 2. The molecule has 1 heterocycles. The van der Waals surface area contributed by atoms with Crippen LogP contribution in [0.1, 0.15) is 18.1 Å². The average molecular weight is 438 g/mol. The zero-order chi connectivity index (χ0) is 23.3. The van der Waals surface area contributed by atoms with E-state index in [0.717, 1.165) is 16.5 Å². The van der Waals surface area contributed by atoms with E-state index in [-0.39, 0.29) is 18.6 Å². The maximum atomic E-state index is 12.5. The number of aromatic hydroxyl groups is 1. The van der Waals surface area contributed by atoms with Crippen LogP contribution in [0, 0.1) is 0 Å². The number of benzene rings is 2. The van der Waals surface area contributed by atoms with Crippen LogP contribution in [-0.2, 0) is 27.2 Å². The fourth-order valence-corrected chi connectivity index (χ4v) is 3.38. The molecule has 7 N–H and O–H groups in total. The number of phenolic OH excluding ortho intramolecular Hbond substituents is 1. The Balaban J connectivity index is 1.56. The standard InChI is InChI=1S/C23H26N4O5/c1-13(21(29)27-20(23(31)32)10-14-6-8-16(28)9-7-14)26-22(30)18(24)11-15-12-25-19-5-3-2-4-17(15)19/h2-9,12-13,18,20,25,28H,10-11,24H2,1H3,(H,26,30)(H,27,29)(H,31,32)/t13-,18-,20-/m0/s1. The van der Waals surface area contributed by atoms with E-state index in [2.05, 4.69) is 15.6 Å². The van der Waals surface area contributed by atoms with Crippen molar-refractivity contribution in [1.29, 1.82) is 0 Å². The van der Waals surface area contributed by atoms with Crippen LogP contribution in [0.25, 0.3) is 10.9 Å². The lowest BCUT2D eigenvalue weighted by Crippen LogP contribution is -2.54. The first-order valence-electron chi connectivity index (χ1n) is 10.2. The Morgan fingerprint density at radius 2 is 1.69 bits per heavy atom. The van der Waals surface area contributed by atoms with E-state index >= 15 is 0 Å². The fourth-order valence-electron chi connectivity index (χ4n) is 3.38. The zero-order valence-electron chi connectivity index (χ0n) is 17.5. The van der Waals surface area contributed by atoms with Gasteiger partial charge in [-0.3, -0.25) is 9.59 Å². The third-order valence-electron chi connectivity index (χ3n) is 5.19. The Labute approximate surface area is 184 Å². The Morgan fingerprint density at radius 3 is 2.38 bits per heavy atom. The van der Waals surface area contributed by atoms with Gasteiger partial charge in [-0.05, 0) is 42.7 Å². The van der Waals surface area contributed by atoms with Gasteiger partial charge < -0.3 is 31.6 Å². The van der Waals surface area contributed by atoms with Crippen molar-refractivity contribution >= 4 is 28.7 Å². The number of amides is 2. The summed E-state index contributed by atoms with van der Waals surface area (Å²) in [5, 5.41) is 24.7. The van der Waals surface area contributed by atoms with Crippen LogP contribution >= 0.6 is 0 Å². The van der Waals surface area contributed by atoms with Gasteiger partial charge in [0.05, 0.1) is 6.04 Å². The van der Waals surface area contributed by atoms with Gasteiger partial charge in [0.15, 0.2) is 0 Å². The van der Waals surface area contributed by atoms with Crippen LogP contribution in [0.3, 0.4) is 0 Å². The van der Waals surface area contributed by atoms with Gasteiger partial charge in [0.1, 0.15) is 17.8 Å². The summed E-state index contributed by atoms with van der Waals surface area (Å²) in [5.74, 6) is -2.29. The van der Waals surface area contributed by atoms with Crippen molar-refractivity contribution in [2.45, 2.75) is 37.9 Å². The van der Waals surface area contributed by atoms with Crippen molar-refractivity contribution in [3.8, 4) is 5.75 Å². The molecule has 0 unspecified atom stereocenters. The lowest BCUT2D eigenvalue weighted by Gasteiger charge is -2.20. The summed E-state index contributed by atoms with van der Waals surface area (Å²) in [5.41, 5.74) is 8.50. The van der Waals surface area contributed by atoms with E-state index in [4.69, 9.17) is 5.73 Å². The molecule has 3 aromatic rings. The molecule has 0 saturated carbocycles. The molecule has 1 aromatic heterocycles. The first kappa shape index (κ1) is 22.8. The van der Waals surface area contributed by atoms with E-state index in [1.807, 2.05) is 24.3 Å². The van der Waals surface area contributed by atoms with Gasteiger partial charge in [-0.1, -0.05) is 30.3 Å². The summed E-state index contributed by atoms with van der Waals surface area (Å²) in [6.07, 6.45) is 2.11. The van der Waals surface area contributed by atoms with Gasteiger partial charge in [-0.2, -0.15) is 0 Å². The van der Waals surface area contributed by atoms with E-state index in [1.54, 1.807) is 18.3 Å². The summed E-state index contributed by atoms with van der Waals surface area (Å²) in [6.45, 7) is 1.46. The van der Waals surface area contributed by atoms with Crippen LogP contribution in [0.2, 0.25) is 0 Å². The summed E-state index contributed by atoms with van der Waals surface area (Å²) < 4.78 is 0. The molecule has 9 heteroatoms. The first-order valence-corrected chi connectivity index (χ1v) is 10.2. The van der Waals surface area contributed by atoms with Crippen LogP contribution in [0.15, 0.2) is 54.7 Å². The predicted octanol–water partition coefficient (Wildman–Crippen LogP) is 1.06. The van der Waals surface area contributed by atoms with Gasteiger partial charge in [-0.15, -0.1) is 0 Å². The summed E-state index contributed by atoms with van der Waals surface area (Å²) in [7, 11) is 0. The SMILES string of the molecule is C[C@H](NC(=O)[C@@H](N)Cc1c[nH]c2ccccc12)C(=O)N[C@@H](Cc1ccc(O)cc1)C(=O)O. The second-order valence-electron chi connectivity index (χ2n) is 7.67. The van der Waals surface area contributed by atoms with Crippen molar-refractivity contribution in [2.24, 2.45) is 5.73 Å². The van der Waals surface area contributed by atoms with E-state index in [9.17, 15) is 24.6 Å². The largest absolute Gasteiger partial charge is 0.508 e. The molecule has 0 spiro atoms. The predicted molar refractivity (Wildman–Crippen MR) is 119 cm³/mol. The number of hydrogen-bond acceptors (Lipinski definition) is 5. The number of nitrogens with one attached hydrogen (secondary N) is 3. The number of nitrogens with two attached hydrogens (primary N) is 1. The highest BCUT2D eigenvalue weighted by atomic mass is 16.4. The summed E-state index contributed by atoms with van der Waals surface area (Å²) in [6, 6.07) is 10.6. The minimum atomic E-state index is -1.21. The molecule has 0 bridgehead atoms. The first-order chi connectivity index (χ1) is 15.2. The number of carboxylic acids is 1. The quantitative estimate of drug-likeness (QED) is 0.293. The van der Waals surface area contributed by atoms with E-state index in [0.29, 0.717) is 5.56 Å². The maximum Gasteiger partial charge on any atom is 0.326 e. The lowest BCUT2D eigenvalue weighted by atomic mass is 10.0. The number of aromatic nitrogens is 1. The highest BCUT2D eigenvalue weighted by Crippen LogP contribution is 2.18. The highest BCUT2D eigenvalue weighted by Gasteiger charge is 2.26. The number of fused-ring (bicyclic) bond motifs is 1. The monoisotopic (exact) mass is 438 g/mol. The number of aromatic amines is 1. The van der Waals surface area contributed by atoms with Crippen LogP contribution in [0.4, 0.5) is 0 Å². The molecule has 9 nitrogen and oxygen atoms in total. The molecule has 0 aliphatic carbocycles. The minimum Gasteiger partial charge on any atom is -0.508 e. The second kappa shape index (κ2) is 9.97. The van der Waals surface area contributed by atoms with Gasteiger partial charge >= 0.3 is 5.97 Å². The molecule has 0 fully saturated rings. The van der Waals surface area contributed by atoms with Gasteiger partial charge in [-0.25, -0.2) is 4.79 Å². The molecule has 0 saturated heterocycles. The van der Waals surface area contributed by atoms with Crippen molar-refractivity contribution in [3.05, 3.63) is 65.9 Å². The van der Waals surface area contributed by atoms with Crippen molar-refractivity contribution in [1.82, 2.24) is 15.6 Å².